The van der Waals surface area contributed by atoms with Crippen molar-refractivity contribution in [3.8, 4) is 0 Å². The quantitative estimate of drug-likeness (QED) is 0.782. The highest BCUT2D eigenvalue weighted by Crippen LogP contribution is 2.13. The van der Waals surface area contributed by atoms with Crippen LogP contribution >= 0.6 is 0 Å². The molecule has 0 aromatic carbocycles. The van der Waals surface area contributed by atoms with Gasteiger partial charge in [-0.1, -0.05) is 6.92 Å². The van der Waals surface area contributed by atoms with E-state index in [0.29, 0.717) is 0 Å². The highest BCUT2D eigenvalue weighted by molar-refractivity contribution is 5.73. The van der Waals surface area contributed by atoms with E-state index >= 15 is 0 Å². The molecule has 17 heavy (non-hydrogen) atoms. The normalized spacial score (nSPS) is 21.6. The van der Waals surface area contributed by atoms with Crippen molar-refractivity contribution in [2.45, 2.75) is 32.5 Å². The van der Waals surface area contributed by atoms with Crippen molar-refractivity contribution < 1.29 is 23.1 Å². The molecule has 1 aliphatic heterocycles. The molecule has 1 atom stereocenters. The molecule has 0 aliphatic carbocycles. The predicted octanol–water partition coefficient (Wildman–Crippen LogP) is 1.32. The average Bonchev–Trinajstić information content (AvgIpc) is 2.21. The molecule has 1 heterocycles. The molecule has 0 amide bonds. The summed E-state index contributed by atoms with van der Waals surface area (Å²) in [5.41, 5.74) is 0. The fourth-order valence-electron chi connectivity index (χ4n) is 1.50. The zero-order valence-electron chi connectivity index (χ0n) is 10.0. The van der Waals surface area contributed by atoms with E-state index in [0.717, 1.165) is 6.04 Å². The fourth-order valence-corrected chi connectivity index (χ4v) is 1.50. The summed E-state index contributed by atoms with van der Waals surface area (Å²) in [6.45, 7) is 9.37. The molecule has 0 bridgehead atoms. The molecule has 1 rings (SSSR count). The van der Waals surface area contributed by atoms with Crippen LogP contribution in [0.4, 0.5) is 13.2 Å². The van der Waals surface area contributed by atoms with Crippen LogP contribution in [0.15, 0.2) is 0 Å². The maximum Gasteiger partial charge on any atom is 0.490 e. The number of alkyl halides is 3. The molecule has 1 fully saturated rings. The van der Waals surface area contributed by atoms with Crippen molar-refractivity contribution in [1.29, 1.82) is 0 Å². The van der Waals surface area contributed by atoms with Gasteiger partial charge < -0.3 is 10.4 Å². The van der Waals surface area contributed by atoms with Crippen LogP contribution in [0, 0.1) is 0 Å². The summed E-state index contributed by atoms with van der Waals surface area (Å²) in [5.74, 6) is -2.76. The topological polar surface area (TPSA) is 52.6 Å². The van der Waals surface area contributed by atoms with Crippen LogP contribution in [0.3, 0.4) is 0 Å². The molecule has 1 unspecified atom stereocenters. The van der Waals surface area contributed by atoms with Crippen molar-refractivity contribution in [3.05, 3.63) is 0 Å². The summed E-state index contributed by atoms with van der Waals surface area (Å²) in [6.07, 6.45) is -3.80. The zero-order valence-corrected chi connectivity index (χ0v) is 10.0. The third-order valence-corrected chi connectivity index (χ3v) is 2.39. The third-order valence-electron chi connectivity index (χ3n) is 2.39. The van der Waals surface area contributed by atoms with Crippen molar-refractivity contribution in [2.75, 3.05) is 26.2 Å². The number of aliphatic carboxylic acids is 1. The van der Waals surface area contributed by atoms with E-state index in [2.05, 4.69) is 24.1 Å². The fraction of sp³-hybridized carbons (Fsp3) is 0.900. The number of rotatable bonds is 2. The first-order chi connectivity index (χ1) is 7.79. The Morgan fingerprint density at radius 3 is 2.41 bits per heavy atom. The van der Waals surface area contributed by atoms with Crippen LogP contribution in [-0.2, 0) is 4.79 Å². The Hall–Kier alpha value is -0.820. The number of nitrogens with zero attached hydrogens (tertiary/aromatic N) is 1. The summed E-state index contributed by atoms with van der Waals surface area (Å²) in [6, 6.07) is 0.744. The monoisotopic (exact) mass is 256 g/mol. The third kappa shape index (κ3) is 7.17. The Morgan fingerprint density at radius 1 is 1.53 bits per heavy atom. The number of piperazine rings is 1. The number of carboxylic acid groups (broad SMARTS) is 1. The Kier molecular flexibility index (Phi) is 7.13. The van der Waals surface area contributed by atoms with Gasteiger partial charge in [-0.25, -0.2) is 4.79 Å². The second kappa shape index (κ2) is 7.50. The van der Waals surface area contributed by atoms with E-state index in [1.54, 1.807) is 0 Å². The van der Waals surface area contributed by atoms with E-state index < -0.39 is 12.1 Å². The van der Waals surface area contributed by atoms with E-state index in [9.17, 15) is 13.2 Å². The molecule has 7 heteroatoms. The Bertz CT molecular complexity index is 232. The maximum absolute atomic E-state index is 10.6. The van der Waals surface area contributed by atoms with E-state index in [1.807, 2.05) is 0 Å². The lowest BCUT2D eigenvalue weighted by atomic mass is 10.2. The first-order valence-corrected chi connectivity index (χ1v) is 5.54. The van der Waals surface area contributed by atoms with Gasteiger partial charge in [0.1, 0.15) is 0 Å². The van der Waals surface area contributed by atoms with Crippen LogP contribution in [-0.4, -0.2) is 54.4 Å². The first-order valence-electron chi connectivity index (χ1n) is 5.54. The molecule has 1 aliphatic rings. The van der Waals surface area contributed by atoms with Gasteiger partial charge in [0.25, 0.3) is 0 Å². The molecule has 0 aromatic rings. The van der Waals surface area contributed by atoms with Crippen molar-refractivity contribution >= 4 is 5.97 Å². The molecular weight excluding hydrogens is 237 g/mol. The molecule has 0 aromatic heterocycles. The summed E-state index contributed by atoms with van der Waals surface area (Å²) in [5, 5.41) is 10.5. The lowest BCUT2D eigenvalue weighted by molar-refractivity contribution is -0.192. The highest BCUT2D eigenvalue weighted by atomic mass is 19.4. The summed E-state index contributed by atoms with van der Waals surface area (Å²) < 4.78 is 31.7. The number of halogens is 3. The first kappa shape index (κ1) is 16.2. The Balaban J connectivity index is 0.000000325. The van der Waals surface area contributed by atoms with Gasteiger partial charge in [-0.2, -0.15) is 13.2 Å². The van der Waals surface area contributed by atoms with E-state index in [4.69, 9.17) is 9.90 Å². The molecule has 2 N–H and O–H groups in total. The summed E-state index contributed by atoms with van der Waals surface area (Å²) in [7, 11) is 0. The Labute approximate surface area is 98.8 Å². The molecule has 0 spiro atoms. The van der Waals surface area contributed by atoms with Crippen LogP contribution in [0.1, 0.15) is 20.3 Å². The average molecular weight is 256 g/mol. The minimum absolute atomic E-state index is 0.744. The minimum Gasteiger partial charge on any atom is -0.475 e. The minimum atomic E-state index is -5.08. The van der Waals surface area contributed by atoms with Gasteiger partial charge in [0.15, 0.2) is 0 Å². The number of nitrogens with one attached hydrogen (secondary N) is 1. The van der Waals surface area contributed by atoms with E-state index in [-0.39, 0.29) is 0 Å². The lowest BCUT2D eigenvalue weighted by Gasteiger charge is -2.33. The van der Waals surface area contributed by atoms with Gasteiger partial charge >= 0.3 is 12.1 Å². The number of hydrogen-bond acceptors (Lipinski definition) is 3. The van der Waals surface area contributed by atoms with Crippen molar-refractivity contribution in [2.24, 2.45) is 0 Å². The van der Waals surface area contributed by atoms with Crippen molar-refractivity contribution in [3.63, 3.8) is 0 Å². The largest absolute Gasteiger partial charge is 0.490 e. The SMILES string of the molecule is CCCN1CCNCC1C.O=C(O)C(F)(F)F. The summed E-state index contributed by atoms with van der Waals surface area (Å²) in [4.78, 5) is 11.4. The number of carbonyl (C=O) groups is 1. The number of hydrogen-bond donors (Lipinski definition) is 2. The molecule has 1 saturated heterocycles. The molecule has 0 radical (unpaired) electrons. The van der Waals surface area contributed by atoms with Crippen LogP contribution in [0.5, 0.6) is 0 Å². The second-order valence-corrected chi connectivity index (χ2v) is 3.89. The molecule has 0 saturated carbocycles. The predicted molar refractivity (Wildman–Crippen MR) is 57.9 cm³/mol. The highest BCUT2D eigenvalue weighted by Gasteiger charge is 2.38. The lowest BCUT2D eigenvalue weighted by Crippen LogP contribution is -2.49. The smallest absolute Gasteiger partial charge is 0.475 e. The van der Waals surface area contributed by atoms with Gasteiger partial charge in [0.2, 0.25) is 0 Å². The van der Waals surface area contributed by atoms with Gasteiger partial charge in [-0.3, -0.25) is 4.90 Å². The molecular formula is C10H19F3N2O2. The van der Waals surface area contributed by atoms with Crippen LogP contribution < -0.4 is 5.32 Å². The van der Waals surface area contributed by atoms with Crippen molar-refractivity contribution in [1.82, 2.24) is 10.2 Å². The summed E-state index contributed by atoms with van der Waals surface area (Å²) >= 11 is 0. The van der Waals surface area contributed by atoms with Gasteiger partial charge in [0, 0.05) is 25.7 Å². The zero-order chi connectivity index (χ0) is 13.5. The van der Waals surface area contributed by atoms with Gasteiger partial charge in [-0.05, 0) is 19.9 Å². The number of carboxylic acids is 1. The standard InChI is InChI=1S/C8H18N2.C2HF3O2/c1-3-5-10-6-4-9-7-8(10)2;3-2(4,5)1(6)7/h8-9H,3-7H2,1-2H3;(H,6,7). The van der Waals surface area contributed by atoms with Crippen LogP contribution in [0.25, 0.3) is 0 Å². The maximum atomic E-state index is 10.6. The van der Waals surface area contributed by atoms with E-state index in [1.165, 1.54) is 32.6 Å². The van der Waals surface area contributed by atoms with Crippen LogP contribution in [0.2, 0.25) is 0 Å². The molecule has 102 valence electrons. The van der Waals surface area contributed by atoms with Gasteiger partial charge in [-0.15, -0.1) is 0 Å². The Morgan fingerprint density at radius 2 is 2.06 bits per heavy atom. The second-order valence-electron chi connectivity index (χ2n) is 3.89. The molecule has 4 nitrogen and oxygen atoms in total. The van der Waals surface area contributed by atoms with Gasteiger partial charge in [0.05, 0.1) is 0 Å².